The van der Waals surface area contributed by atoms with Crippen molar-refractivity contribution in [2.24, 2.45) is 5.41 Å². The Labute approximate surface area is 95.7 Å². The summed E-state index contributed by atoms with van der Waals surface area (Å²) in [7, 11) is 0. The molecule has 0 saturated carbocycles. The fraction of sp³-hybridized carbons (Fsp3) is 0.818. The number of nitrogens with one attached hydrogen (secondary N) is 1. The maximum atomic E-state index is 11.9. The Morgan fingerprint density at radius 1 is 1.56 bits per heavy atom. The van der Waals surface area contributed by atoms with E-state index in [4.69, 9.17) is 14.7 Å². The molecule has 1 saturated heterocycles. The molecule has 1 heterocycles. The van der Waals surface area contributed by atoms with Gasteiger partial charge in [0.15, 0.2) is 0 Å². The number of amides is 1. The first kappa shape index (κ1) is 12.9. The first-order valence-corrected chi connectivity index (χ1v) is 5.60. The van der Waals surface area contributed by atoms with E-state index in [2.05, 4.69) is 11.4 Å². The van der Waals surface area contributed by atoms with Crippen LogP contribution in [0.3, 0.4) is 0 Å². The number of hydrogen-bond acceptors (Lipinski definition) is 4. The van der Waals surface area contributed by atoms with Crippen LogP contribution in [0.15, 0.2) is 0 Å². The van der Waals surface area contributed by atoms with Crippen LogP contribution >= 0.6 is 0 Å². The molecule has 0 aromatic heterocycles. The van der Waals surface area contributed by atoms with E-state index >= 15 is 0 Å². The second-order valence-corrected chi connectivity index (χ2v) is 3.76. The van der Waals surface area contributed by atoms with Crippen molar-refractivity contribution in [3.8, 4) is 6.07 Å². The molecule has 0 atom stereocenters. The Morgan fingerprint density at radius 2 is 2.25 bits per heavy atom. The lowest BCUT2D eigenvalue weighted by atomic mass is 9.81. The maximum absolute atomic E-state index is 11.9. The Balaban J connectivity index is 2.40. The maximum Gasteiger partial charge on any atom is 0.240 e. The second kappa shape index (κ2) is 6.46. The van der Waals surface area contributed by atoms with Crippen LogP contribution in [0.5, 0.6) is 0 Å². The van der Waals surface area contributed by atoms with Crippen molar-refractivity contribution in [2.75, 3.05) is 33.0 Å². The third kappa shape index (κ3) is 3.19. The molecule has 16 heavy (non-hydrogen) atoms. The van der Waals surface area contributed by atoms with Crippen LogP contribution in [0.1, 0.15) is 19.8 Å². The Hall–Kier alpha value is -1.12. The SMILES string of the molecule is CCOCCNC(=O)C1(C#N)CCOCC1. The van der Waals surface area contributed by atoms with Gasteiger partial charge in [-0.05, 0) is 19.8 Å². The highest BCUT2D eigenvalue weighted by atomic mass is 16.5. The van der Waals surface area contributed by atoms with E-state index in [9.17, 15) is 4.79 Å². The monoisotopic (exact) mass is 226 g/mol. The number of nitriles is 1. The number of hydrogen-bond donors (Lipinski definition) is 1. The lowest BCUT2D eigenvalue weighted by molar-refractivity contribution is -0.132. The topological polar surface area (TPSA) is 71.3 Å². The van der Waals surface area contributed by atoms with Gasteiger partial charge < -0.3 is 14.8 Å². The molecule has 1 rings (SSSR count). The van der Waals surface area contributed by atoms with Crippen molar-refractivity contribution in [1.82, 2.24) is 5.32 Å². The van der Waals surface area contributed by atoms with Crippen LogP contribution in [-0.4, -0.2) is 38.9 Å². The average molecular weight is 226 g/mol. The third-order valence-electron chi connectivity index (χ3n) is 2.73. The molecular weight excluding hydrogens is 208 g/mol. The van der Waals surface area contributed by atoms with E-state index in [1.807, 2.05) is 6.92 Å². The molecule has 1 aliphatic rings. The fourth-order valence-corrected chi connectivity index (χ4v) is 1.66. The minimum Gasteiger partial charge on any atom is -0.381 e. The van der Waals surface area contributed by atoms with Crippen LogP contribution in [0.4, 0.5) is 0 Å². The van der Waals surface area contributed by atoms with Gasteiger partial charge in [0.05, 0.1) is 12.7 Å². The van der Waals surface area contributed by atoms with Gasteiger partial charge in [0.2, 0.25) is 5.91 Å². The molecule has 0 spiro atoms. The summed E-state index contributed by atoms with van der Waals surface area (Å²) in [6.07, 6.45) is 0.952. The quantitative estimate of drug-likeness (QED) is 0.691. The van der Waals surface area contributed by atoms with Crippen LogP contribution in [0.25, 0.3) is 0 Å². The molecule has 0 aliphatic carbocycles. The summed E-state index contributed by atoms with van der Waals surface area (Å²) in [6.45, 7) is 4.43. The van der Waals surface area contributed by atoms with Crippen molar-refractivity contribution in [2.45, 2.75) is 19.8 Å². The van der Waals surface area contributed by atoms with Crippen LogP contribution in [0.2, 0.25) is 0 Å². The summed E-state index contributed by atoms with van der Waals surface area (Å²) in [4.78, 5) is 11.9. The summed E-state index contributed by atoms with van der Waals surface area (Å²) in [5.74, 6) is -0.196. The predicted molar refractivity (Wildman–Crippen MR) is 57.6 cm³/mol. The molecule has 1 aliphatic heterocycles. The van der Waals surface area contributed by atoms with Gasteiger partial charge in [0, 0.05) is 26.4 Å². The highest BCUT2D eigenvalue weighted by Crippen LogP contribution is 2.29. The van der Waals surface area contributed by atoms with E-state index in [0.29, 0.717) is 45.8 Å². The zero-order chi connectivity index (χ0) is 11.9. The van der Waals surface area contributed by atoms with Crippen LogP contribution in [-0.2, 0) is 14.3 Å². The van der Waals surface area contributed by atoms with Gasteiger partial charge in [-0.3, -0.25) is 4.79 Å². The lowest BCUT2D eigenvalue weighted by Crippen LogP contribution is -2.44. The van der Waals surface area contributed by atoms with Crippen molar-refractivity contribution >= 4 is 5.91 Å². The molecule has 0 aromatic rings. The predicted octanol–water partition coefficient (Wildman–Crippen LogP) is 0.459. The molecule has 90 valence electrons. The summed E-state index contributed by atoms with van der Waals surface area (Å²) in [6, 6.07) is 2.13. The number of carbonyl (C=O) groups excluding carboxylic acids is 1. The van der Waals surface area contributed by atoms with Crippen molar-refractivity contribution < 1.29 is 14.3 Å². The summed E-state index contributed by atoms with van der Waals surface area (Å²) < 4.78 is 10.3. The minimum atomic E-state index is -0.898. The second-order valence-electron chi connectivity index (χ2n) is 3.76. The number of rotatable bonds is 5. The van der Waals surface area contributed by atoms with Gasteiger partial charge in [0.25, 0.3) is 0 Å². The third-order valence-corrected chi connectivity index (χ3v) is 2.73. The highest BCUT2D eigenvalue weighted by molar-refractivity contribution is 5.85. The first-order valence-electron chi connectivity index (χ1n) is 5.60. The number of nitrogens with zero attached hydrogens (tertiary/aromatic N) is 1. The summed E-state index contributed by atoms with van der Waals surface area (Å²) in [5.41, 5.74) is -0.898. The van der Waals surface area contributed by atoms with Gasteiger partial charge in [0.1, 0.15) is 5.41 Å². The van der Waals surface area contributed by atoms with Crippen LogP contribution < -0.4 is 5.32 Å². The van der Waals surface area contributed by atoms with Gasteiger partial charge >= 0.3 is 0 Å². The van der Waals surface area contributed by atoms with E-state index < -0.39 is 5.41 Å². The molecule has 1 amide bonds. The molecule has 0 aromatic carbocycles. The van der Waals surface area contributed by atoms with Crippen molar-refractivity contribution in [3.63, 3.8) is 0 Å². The van der Waals surface area contributed by atoms with Gasteiger partial charge in [-0.25, -0.2) is 0 Å². The van der Waals surface area contributed by atoms with E-state index in [-0.39, 0.29) is 5.91 Å². The first-order chi connectivity index (χ1) is 7.75. The summed E-state index contributed by atoms with van der Waals surface area (Å²) in [5, 5.41) is 11.9. The van der Waals surface area contributed by atoms with Crippen molar-refractivity contribution in [3.05, 3.63) is 0 Å². The summed E-state index contributed by atoms with van der Waals surface area (Å²) >= 11 is 0. The zero-order valence-corrected chi connectivity index (χ0v) is 9.62. The smallest absolute Gasteiger partial charge is 0.240 e. The van der Waals surface area contributed by atoms with E-state index in [0.717, 1.165) is 0 Å². The number of ether oxygens (including phenoxy) is 2. The fourth-order valence-electron chi connectivity index (χ4n) is 1.66. The molecule has 5 heteroatoms. The molecule has 5 nitrogen and oxygen atoms in total. The normalized spacial score (nSPS) is 18.8. The van der Waals surface area contributed by atoms with Gasteiger partial charge in [-0.2, -0.15) is 5.26 Å². The Kier molecular flexibility index (Phi) is 5.23. The average Bonchev–Trinajstić information content (AvgIpc) is 2.35. The highest BCUT2D eigenvalue weighted by Gasteiger charge is 2.40. The molecule has 1 N–H and O–H groups in total. The van der Waals surface area contributed by atoms with Gasteiger partial charge in [-0.15, -0.1) is 0 Å². The van der Waals surface area contributed by atoms with Gasteiger partial charge in [-0.1, -0.05) is 0 Å². The van der Waals surface area contributed by atoms with E-state index in [1.165, 1.54) is 0 Å². The van der Waals surface area contributed by atoms with Crippen LogP contribution in [0, 0.1) is 16.7 Å². The standard InChI is InChI=1S/C11H18N2O3/c1-2-15-8-5-13-10(14)11(9-12)3-6-16-7-4-11/h2-8H2,1H3,(H,13,14). The Bertz CT molecular complexity index is 267. The molecular formula is C11H18N2O3. The van der Waals surface area contributed by atoms with E-state index in [1.54, 1.807) is 0 Å². The Morgan fingerprint density at radius 3 is 2.81 bits per heavy atom. The molecule has 1 fully saturated rings. The zero-order valence-electron chi connectivity index (χ0n) is 9.62. The largest absolute Gasteiger partial charge is 0.381 e. The van der Waals surface area contributed by atoms with Crippen molar-refractivity contribution in [1.29, 1.82) is 5.26 Å². The lowest BCUT2D eigenvalue weighted by Gasteiger charge is -2.29. The minimum absolute atomic E-state index is 0.196. The number of carbonyl (C=O) groups is 1. The molecule has 0 radical (unpaired) electrons. The molecule has 0 bridgehead atoms. The molecule has 0 unspecified atom stereocenters.